The maximum absolute atomic E-state index is 14.0. The lowest BCUT2D eigenvalue weighted by Crippen LogP contribution is -2.27. The Balaban J connectivity index is 1.68. The first-order chi connectivity index (χ1) is 13.4. The van der Waals surface area contributed by atoms with Crippen molar-refractivity contribution in [2.75, 3.05) is 0 Å². The second-order valence-corrected chi connectivity index (χ2v) is 7.58. The molecule has 0 aromatic heterocycles. The van der Waals surface area contributed by atoms with Crippen LogP contribution in [-0.2, 0) is 25.7 Å². The van der Waals surface area contributed by atoms with Gasteiger partial charge in [0.2, 0.25) is 5.78 Å². The Hall–Kier alpha value is -2.08. The molecule has 1 aliphatic heterocycles. The number of carbonyl (C=O) groups is 2. The van der Waals surface area contributed by atoms with Gasteiger partial charge in [0, 0.05) is 24.7 Å². The third-order valence-corrected chi connectivity index (χ3v) is 5.53. The molecule has 6 heteroatoms. The smallest absolute Gasteiger partial charge is 0.309 e. The molecule has 1 aromatic carbocycles. The highest BCUT2D eigenvalue weighted by molar-refractivity contribution is 5.95. The highest BCUT2D eigenvalue weighted by Gasteiger charge is 2.50. The standard InChI is InChI=1S/C22H26F2O4/c1-2-3-11-22(23,24)20(25)10-9-16-17-12-21(26)28-19(17)13-18(16)27-14-15-7-5-4-6-8-15/h4-10,16-19H,2-3,11-14H2,1H3/b10-9+/t16-,17-,18-,19+/m1/s1. The lowest BCUT2D eigenvalue weighted by Gasteiger charge is -2.20. The van der Waals surface area contributed by atoms with E-state index in [4.69, 9.17) is 9.47 Å². The predicted octanol–water partition coefficient (Wildman–Crippen LogP) is 4.47. The summed E-state index contributed by atoms with van der Waals surface area (Å²) in [6, 6.07) is 9.63. The molecule has 0 unspecified atom stereocenters. The summed E-state index contributed by atoms with van der Waals surface area (Å²) >= 11 is 0. The molecule has 2 fully saturated rings. The maximum atomic E-state index is 14.0. The van der Waals surface area contributed by atoms with Crippen LogP contribution in [0.2, 0.25) is 0 Å². The zero-order chi connectivity index (χ0) is 20.1. The van der Waals surface area contributed by atoms with Crippen LogP contribution in [0.1, 0.15) is 44.6 Å². The van der Waals surface area contributed by atoms with Gasteiger partial charge in [-0.3, -0.25) is 9.59 Å². The second kappa shape index (κ2) is 8.95. The van der Waals surface area contributed by atoms with Crippen LogP contribution in [0, 0.1) is 11.8 Å². The number of ketones is 1. The number of rotatable bonds is 9. The summed E-state index contributed by atoms with van der Waals surface area (Å²) in [5.74, 6) is -5.26. The molecule has 1 heterocycles. The van der Waals surface area contributed by atoms with Gasteiger partial charge < -0.3 is 9.47 Å². The van der Waals surface area contributed by atoms with Crippen molar-refractivity contribution in [3.05, 3.63) is 48.0 Å². The monoisotopic (exact) mass is 392 g/mol. The van der Waals surface area contributed by atoms with Gasteiger partial charge in [-0.1, -0.05) is 49.8 Å². The van der Waals surface area contributed by atoms with Crippen LogP contribution in [0.4, 0.5) is 8.78 Å². The number of allylic oxidation sites excluding steroid dienone is 1. The molecule has 28 heavy (non-hydrogen) atoms. The van der Waals surface area contributed by atoms with Crippen molar-refractivity contribution in [3.63, 3.8) is 0 Å². The Morgan fingerprint density at radius 3 is 2.79 bits per heavy atom. The normalized spacial score (nSPS) is 27.2. The summed E-state index contributed by atoms with van der Waals surface area (Å²) in [6.45, 7) is 2.19. The van der Waals surface area contributed by atoms with Crippen molar-refractivity contribution in [1.29, 1.82) is 0 Å². The Bertz CT molecular complexity index is 717. The lowest BCUT2D eigenvalue weighted by atomic mass is 9.91. The molecule has 0 amide bonds. The van der Waals surface area contributed by atoms with Crippen LogP contribution in [0.15, 0.2) is 42.5 Å². The Morgan fingerprint density at radius 2 is 2.07 bits per heavy atom. The van der Waals surface area contributed by atoms with Crippen LogP contribution < -0.4 is 0 Å². The van der Waals surface area contributed by atoms with Crippen LogP contribution in [0.5, 0.6) is 0 Å². The number of fused-ring (bicyclic) bond motifs is 1. The molecule has 0 radical (unpaired) electrons. The zero-order valence-electron chi connectivity index (χ0n) is 16.0. The minimum Gasteiger partial charge on any atom is -0.462 e. The minimum absolute atomic E-state index is 0.137. The number of unbranched alkanes of at least 4 members (excludes halogenated alkanes) is 1. The van der Waals surface area contributed by atoms with E-state index < -0.39 is 18.1 Å². The number of hydrogen-bond acceptors (Lipinski definition) is 4. The third-order valence-electron chi connectivity index (χ3n) is 5.53. The Morgan fingerprint density at radius 1 is 1.32 bits per heavy atom. The molecule has 0 N–H and O–H groups in total. The van der Waals surface area contributed by atoms with Crippen molar-refractivity contribution in [2.45, 2.75) is 63.8 Å². The van der Waals surface area contributed by atoms with Gasteiger partial charge in [0.25, 0.3) is 0 Å². The van der Waals surface area contributed by atoms with E-state index in [1.807, 2.05) is 30.3 Å². The molecule has 4 atom stereocenters. The molecule has 1 saturated heterocycles. The summed E-state index contributed by atoms with van der Waals surface area (Å²) < 4.78 is 39.3. The number of carbonyl (C=O) groups excluding carboxylic acids is 2. The molecule has 1 saturated carbocycles. The number of ether oxygens (including phenoxy) is 2. The topological polar surface area (TPSA) is 52.6 Å². The van der Waals surface area contributed by atoms with Gasteiger partial charge in [-0.2, -0.15) is 8.78 Å². The lowest BCUT2D eigenvalue weighted by molar-refractivity contribution is -0.142. The molecule has 1 aromatic rings. The first-order valence-corrected chi connectivity index (χ1v) is 9.86. The van der Waals surface area contributed by atoms with Gasteiger partial charge in [-0.25, -0.2) is 0 Å². The predicted molar refractivity (Wildman–Crippen MR) is 99.7 cm³/mol. The number of esters is 1. The molecule has 4 nitrogen and oxygen atoms in total. The van der Waals surface area contributed by atoms with Gasteiger partial charge >= 0.3 is 11.9 Å². The van der Waals surface area contributed by atoms with Gasteiger partial charge in [-0.05, 0) is 18.1 Å². The summed E-state index contributed by atoms with van der Waals surface area (Å²) in [6.07, 6.45) is 3.12. The molecule has 0 spiro atoms. The molecule has 152 valence electrons. The van der Waals surface area contributed by atoms with Crippen LogP contribution in [0.25, 0.3) is 0 Å². The Kier molecular flexibility index (Phi) is 6.60. The third kappa shape index (κ3) is 4.85. The minimum atomic E-state index is -3.35. The van der Waals surface area contributed by atoms with Crippen molar-refractivity contribution < 1.29 is 27.8 Å². The van der Waals surface area contributed by atoms with E-state index in [2.05, 4.69) is 0 Å². The fourth-order valence-electron chi connectivity index (χ4n) is 3.96. The number of alkyl halides is 2. The van der Waals surface area contributed by atoms with Crippen molar-refractivity contribution in [1.82, 2.24) is 0 Å². The van der Waals surface area contributed by atoms with E-state index in [1.165, 1.54) is 6.08 Å². The van der Waals surface area contributed by atoms with Crippen LogP contribution in [-0.4, -0.2) is 29.9 Å². The molecule has 3 rings (SSSR count). The highest BCUT2D eigenvalue weighted by atomic mass is 19.3. The average molecular weight is 392 g/mol. The number of hydrogen-bond donors (Lipinski definition) is 0. The second-order valence-electron chi connectivity index (χ2n) is 7.58. The van der Waals surface area contributed by atoms with Gasteiger partial charge in [0.15, 0.2) is 0 Å². The SMILES string of the molecule is CCCCC(F)(F)C(=O)/C=C/[C@@H]1[C@H]2CC(=O)O[C@H]2C[C@H]1OCc1ccccc1. The summed E-state index contributed by atoms with van der Waals surface area (Å²) in [5.41, 5.74) is 1.00. The first-order valence-electron chi connectivity index (χ1n) is 9.86. The fraction of sp³-hybridized carbons (Fsp3) is 0.545. The van der Waals surface area contributed by atoms with Crippen LogP contribution in [0.3, 0.4) is 0 Å². The van der Waals surface area contributed by atoms with E-state index in [0.29, 0.717) is 25.9 Å². The molecule has 1 aliphatic carbocycles. The van der Waals surface area contributed by atoms with E-state index >= 15 is 0 Å². The van der Waals surface area contributed by atoms with Crippen molar-refractivity contribution in [3.8, 4) is 0 Å². The maximum Gasteiger partial charge on any atom is 0.309 e. The fourth-order valence-corrected chi connectivity index (χ4v) is 3.96. The zero-order valence-corrected chi connectivity index (χ0v) is 16.0. The number of halogens is 2. The van der Waals surface area contributed by atoms with E-state index in [0.717, 1.165) is 11.6 Å². The number of benzene rings is 1. The Labute approximate surface area is 163 Å². The van der Waals surface area contributed by atoms with E-state index in [1.54, 1.807) is 6.92 Å². The molecule has 2 aliphatic rings. The molecular formula is C22H26F2O4. The summed E-state index contributed by atoms with van der Waals surface area (Å²) in [4.78, 5) is 23.6. The van der Waals surface area contributed by atoms with Crippen LogP contribution >= 0.6 is 0 Å². The van der Waals surface area contributed by atoms with Crippen molar-refractivity contribution >= 4 is 11.8 Å². The quantitative estimate of drug-likeness (QED) is 0.459. The largest absolute Gasteiger partial charge is 0.462 e. The first kappa shape index (κ1) is 20.6. The highest BCUT2D eigenvalue weighted by Crippen LogP contribution is 2.43. The van der Waals surface area contributed by atoms with E-state index in [-0.39, 0.29) is 36.4 Å². The van der Waals surface area contributed by atoms with Gasteiger partial charge in [0.05, 0.1) is 19.1 Å². The average Bonchev–Trinajstić information content (AvgIpc) is 3.19. The summed E-state index contributed by atoms with van der Waals surface area (Å²) in [7, 11) is 0. The van der Waals surface area contributed by atoms with Crippen molar-refractivity contribution in [2.24, 2.45) is 11.8 Å². The van der Waals surface area contributed by atoms with Gasteiger partial charge in [0.1, 0.15) is 6.10 Å². The molecular weight excluding hydrogens is 366 g/mol. The molecule has 0 bridgehead atoms. The summed E-state index contributed by atoms with van der Waals surface area (Å²) in [5, 5.41) is 0. The van der Waals surface area contributed by atoms with E-state index in [9.17, 15) is 18.4 Å². The van der Waals surface area contributed by atoms with Gasteiger partial charge in [-0.15, -0.1) is 0 Å².